The number of rotatable bonds is 1. The van der Waals surface area contributed by atoms with Crippen LogP contribution >= 0.6 is 0 Å². The largest absolute Gasteiger partial charge is 0.456 e. The first-order chi connectivity index (χ1) is 14.0. The zero-order valence-electron chi connectivity index (χ0n) is 16.4. The maximum atomic E-state index is 9.69. The molecule has 5 rings (SSSR count). The summed E-state index contributed by atoms with van der Waals surface area (Å²) in [5.74, 6) is 0. The molecule has 5 nitrogen and oxygen atoms in total. The first-order valence-corrected chi connectivity index (χ1v) is 9.46. The van der Waals surface area contributed by atoms with Crippen molar-refractivity contribution in [3.8, 4) is 12.1 Å². The molecule has 0 bridgehead atoms. The SMILES string of the molecule is Cc1cc2c(cc1N1c3ccc(C#N)c(C#N)c3N(C)[C@@H]1C)oc1ccccc12. The zero-order chi connectivity index (χ0) is 20.3. The Morgan fingerprint density at radius 3 is 2.48 bits per heavy atom. The molecule has 1 atom stereocenters. The van der Waals surface area contributed by atoms with Gasteiger partial charge in [0, 0.05) is 29.6 Å². The normalized spacial score (nSPS) is 15.6. The minimum Gasteiger partial charge on any atom is -0.456 e. The van der Waals surface area contributed by atoms with Crippen LogP contribution < -0.4 is 9.80 Å². The van der Waals surface area contributed by atoms with Crippen molar-refractivity contribution in [3.05, 3.63) is 65.2 Å². The fourth-order valence-corrected chi connectivity index (χ4v) is 4.36. The molecule has 0 amide bonds. The van der Waals surface area contributed by atoms with Gasteiger partial charge in [-0.25, -0.2) is 0 Å². The minimum absolute atomic E-state index is 0.00780. The average Bonchev–Trinajstić information content (AvgIpc) is 3.21. The molecule has 4 aromatic rings. The third-order valence-electron chi connectivity index (χ3n) is 5.89. The predicted octanol–water partition coefficient (Wildman–Crippen LogP) is 5.57. The van der Waals surface area contributed by atoms with Crippen LogP contribution in [0.5, 0.6) is 0 Å². The Labute approximate surface area is 168 Å². The summed E-state index contributed by atoms with van der Waals surface area (Å²) in [6.45, 7) is 4.19. The monoisotopic (exact) mass is 378 g/mol. The van der Waals surface area contributed by atoms with Crippen molar-refractivity contribution < 1.29 is 4.42 Å². The van der Waals surface area contributed by atoms with E-state index in [9.17, 15) is 10.5 Å². The van der Waals surface area contributed by atoms with E-state index >= 15 is 0 Å². The van der Waals surface area contributed by atoms with Gasteiger partial charge >= 0.3 is 0 Å². The summed E-state index contributed by atoms with van der Waals surface area (Å²) in [4.78, 5) is 4.26. The van der Waals surface area contributed by atoms with E-state index in [0.717, 1.165) is 44.6 Å². The molecule has 3 aromatic carbocycles. The van der Waals surface area contributed by atoms with E-state index in [2.05, 4.69) is 54.0 Å². The third kappa shape index (κ3) is 2.25. The van der Waals surface area contributed by atoms with Gasteiger partial charge in [-0.15, -0.1) is 0 Å². The van der Waals surface area contributed by atoms with Gasteiger partial charge in [0.25, 0.3) is 0 Å². The highest BCUT2D eigenvalue weighted by Gasteiger charge is 2.35. The van der Waals surface area contributed by atoms with Crippen molar-refractivity contribution >= 4 is 39.0 Å². The maximum absolute atomic E-state index is 9.69. The molecule has 0 N–H and O–H groups in total. The van der Waals surface area contributed by atoms with Crippen LogP contribution in [-0.4, -0.2) is 13.2 Å². The second kappa shape index (κ2) is 6.02. The van der Waals surface area contributed by atoms with Crippen molar-refractivity contribution in [3.63, 3.8) is 0 Å². The highest BCUT2D eigenvalue weighted by molar-refractivity contribution is 6.06. The number of para-hydroxylation sites is 1. The van der Waals surface area contributed by atoms with E-state index in [1.165, 1.54) is 0 Å². The van der Waals surface area contributed by atoms with Gasteiger partial charge in [-0.1, -0.05) is 18.2 Å². The smallest absolute Gasteiger partial charge is 0.137 e. The van der Waals surface area contributed by atoms with Crippen molar-refractivity contribution in [1.29, 1.82) is 10.5 Å². The Morgan fingerprint density at radius 1 is 0.931 bits per heavy atom. The van der Waals surface area contributed by atoms with Crippen molar-refractivity contribution in [2.24, 2.45) is 0 Å². The topological polar surface area (TPSA) is 67.2 Å². The molecule has 0 unspecified atom stereocenters. The first kappa shape index (κ1) is 17.2. The van der Waals surface area contributed by atoms with E-state index in [1.807, 2.05) is 31.3 Å². The number of anilines is 3. The van der Waals surface area contributed by atoms with Crippen LogP contribution in [-0.2, 0) is 0 Å². The summed E-state index contributed by atoms with van der Waals surface area (Å²) >= 11 is 0. The average molecular weight is 378 g/mol. The van der Waals surface area contributed by atoms with E-state index < -0.39 is 0 Å². The van der Waals surface area contributed by atoms with Crippen LogP contribution in [0.2, 0.25) is 0 Å². The Morgan fingerprint density at radius 2 is 1.72 bits per heavy atom. The molecular formula is C24H18N4O. The number of aryl methyl sites for hydroxylation is 1. The summed E-state index contributed by atoms with van der Waals surface area (Å²) in [7, 11) is 1.96. The number of nitriles is 2. The van der Waals surface area contributed by atoms with Gasteiger partial charge in [-0.05, 0) is 43.7 Å². The summed E-state index contributed by atoms with van der Waals surface area (Å²) < 4.78 is 6.10. The predicted molar refractivity (Wildman–Crippen MR) is 114 cm³/mol. The van der Waals surface area contributed by atoms with Gasteiger partial charge in [-0.2, -0.15) is 10.5 Å². The molecule has 5 heteroatoms. The molecular weight excluding hydrogens is 360 g/mol. The first-order valence-electron chi connectivity index (χ1n) is 9.46. The molecule has 0 fully saturated rings. The highest BCUT2D eigenvalue weighted by atomic mass is 16.3. The van der Waals surface area contributed by atoms with E-state index in [0.29, 0.717) is 11.1 Å². The Bertz CT molecular complexity index is 1390. The van der Waals surface area contributed by atoms with Gasteiger partial charge in [0.15, 0.2) is 0 Å². The van der Waals surface area contributed by atoms with Crippen LogP contribution in [0, 0.1) is 29.6 Å². The van der Waals surface area contributed by atoms with Gasteiger partial charge < -0.3 is 14.2 Å². The van der Waals surface area contributed by atoms with Crippen molar-refractivity contribution in [2.75, 3.05) is 16.8 Å². The van der Waals surface area contributed by atoms with Crippen LogP contribution in [0.4, 0.5) is 17.1 Å². The van der Waals surface area contributed by atoms with Crippen LogP contribution in [0.3, 0.4) is 0 Å². The number of nitrogens with zero attached hydrogens (tertiary/aromatic N) is 4. The summed E-state index contributed by atoms with van der Waals surface area (Å²) in [6.07, 6.45) is -0.00780. The lowest BCUT2D eigenvalue weighted by Gasteiger charge is -2.29. The van der Waals surface area contributed by atoms with Crippen molar-refractivity contribution in [2.45, 2.75) is 20.0 Å². The van der Waals surface area contributed by atoms with Gasteiger partial charge in [0.05, 0.1) is 22.5 Å². The zero-order valence-corrected chi connectivity index (χ0v) is 16.4. The molecule has 1 aliphatic rings. The molecule has 140 valence electrons. The number of hydrogen-bond donors (Lipinski definition) is 0. The van der Waals surface area contributed by atoms with E-state index in [4.69, 9.17) is 4.42 Å². The van der Waals surface area contributed by atoms with Gasteiger partial charge in [-0.3, -0.25) is 0 Å². The number of hydrogen-bond acceptors (Lipinski definition) is 5. The Kier molecular flexibility index (Phi) is 3.56. The summed E-state index contributed by atoms with van der Waals surface area (Å²) in [6, 6.07) is 20.3. The van der Waals surface area contributed by atoms with Gasteiger partial charge in [0.2, 0.25) is 0 Å². The molecule has 1 aliphatic heterocycles. The molecule has 2 heterocycles. The van der Waals surface area contributed by atoms with Crippen LogP contribution in [0.25, 0.3) is 21.9 Å². The van der Waals surface area contributed by atoms with Gasteiger partial charge in [0.1, 0.15) is 29.5 Å². The number of benzene rings is 3. The molecule has 0 spiro atoms. The minimum atomic E-state index is -0.00780. The Hall–Kier alpha value is -3.96. The Balaban J connectivity index is 1.76. The van der Waals surface area contributed by atoms with Crippen LogP contribution in [0.1, 0.15) is 23.6 Å². The lowest BCUT2D eigenvalue weighted by molar-refractivity contribution is 0.668. The second-order valence-corrected chi connectivity index (χ2v) is 7.43. The number of furan rings is 1. The van der Waals surface area contributed by atoms with Crippen molar-refractivity contribution in [1.82, 2.24) is 0 Å². The highest BCUT2D eigenvalue weighted by Crippen LogP contribution is 2.47. The number of fused-ring (bicyclic) bond motifs is 4. The molecule has 0 saturated carbocycles. The fraction of sp³-hybridized carbons (Fsp3) is 0.167. The van der Waals surface area contributed by atoms with E-state index in [-0.39, 0.29) is 6.17 Å². The lowest BCUT2D eigenvalue weighted by Crippen LogP contribution is -2.36. The lowest BCUT2D eigenvalue weighted by atomic mass is 10.0. The molecule has 0 saturated heterocycles. The maximum Gasteiger partial charge on any atom is 0.137 e. The van der Waals surface area contributed by atoms with Crippen LogP contribution in [0.15, 0.2) is 52.9 Å². The summed E-state index contributed by atoms with van der Waals surface area (Å²) in [5.41, 5.74) is 6.40. The second-order valence-electron chi connectivity index (χ2n) is 7.43. The van der Waals surface area contributed by atoms with E-state index in [1.54, 1.807) is 6.07 Å². The summed E-state index contributed by atoms with van der Waals surface area (Å²) in [5, 5.41) is 21.3. The quantitative estimate of drug-likeness (QED) is 0.433. The molecule has 29 heavy (non-hydrogen) atoms. The molecule has 1 aromatic heterocycles. The molecule has 0 aliphatic carbocycles. The third-order valence-corrected chi connectivity index (χ3v) is 5.89. The fourth-order valence-electron chi connectivity index (χ4n) is 4.36. The standard InChI is InChI=1S/C24H18N4O/c1-14-10-18-17-6-4-5-7-22(17)29-23(18)11-21(14)28-15(2)27(3)24-19(13-26)16(12-25)8-9-20(24)28/h4-11,15H,1-3H3/t15-/m0/s1. The molecule has 0 radical (unpaired) electrons.